The quantitative estimate of drug-likeness (QED) is 0.590. The summed E-state index contributed by atoms with van der Waals surface area (Å²) in [5.74, 6) is 2.29. The number of nitrogens with zero attached hydrogens (tertiary/aromatic N) is 1. The highest BCUT2D eigenvalue weighted by molar-refractivity contribution is 5.90. The largest absolute Gasteiger partial charge is 0.465 e. The molecule has 0 bridgehead atoms. The van der Waals surface area contributed by atoms with Gasteiger partial charge in [0.1, 0.15) is 0 Å². The van der Waals surface area contributed by atoms with Crippen LogP contribution in [-0.2, 0) is 4.74 Å². The first-order chi connectivity index (χ1) is 8.01. The fourth-order valence-electron chi connectivity index (χ4n) is 1.64. The molecule has 0 aliphatic carbocycles. The van der Waals surface area contributed by atoms with Crippen LogP contribution in [0.5, 0.6) is 0 Å². The van der Waals surface area contributed by atoms with E-state index in [0.717, 1.165) is 11.3 Å². The topological polar surface area (TPSA) is 29.5 Å². The van der Waals surface area contributed by atoms with Crippen LogP contribution in [0.4, 0.5) is 5.69 Å². The molecular formula is C14H17NO2. The van der Waals surface area contributed by atoms with Crippen LogP contribution in [-0.4, -0.2) is 27.2 Å². The SMILES string of the molecule is C#CC(C)c1cc(C(=O)OC)ccc1N(C)C. The Kier molecular flexibility index (Phi) is 4.17. The molecule has 0 aliphatic rings. The molecular weight excluding hydrogens is 214 g/mol. The number of hydrogen-bond acceptors (Lipinski definition) is 3. The van der Waals surface area contributed by atoms with Crippen molar-refractivity contribution in [2.75, 3.05) is 26.1 Å². The lowest BCUT2D eigenvalue weighted by atomic mass is 9.97. The van der Waals surface area contributed by atoms with Crippen LogP contribution in [0, 0.1) is 12.3 Å². The Hall–Kier alpha value is -1.95. The normalized spacial score (nSPS) is 11.5. The van der Waals surface area contributed by atoms with E-state index in [9.17, 15) is 4.79 Å². The van der Waals surface area contributed by atoms with Gasteiger partial charge in [-0.15, -0.1) is 6.42 Å². The van der Waals surface area contributed by atoms with Gasteiger partial charge in [0.25, 0.3) is 0 Å². The van der Waals surface area contributed by atoms with E-state index in [-0.39, 0.29) is 11.9 Å². The first kappa shape index (κ1) is 13.1. The van der Waals surface area contributed by atoms with E-state index >= 15 is 0 Å². The first-order valence-electron chi connectivity index (χ1n) is 5.37. The summed E-state index contributed by atoms with van der Waals surface area (Å²) in [7, 11) is 5.26. The fourth-order valence-corrected chi connectivity index (χ4v) is 1.64. The van der Waals surface area contributed by atoms with E-state index in [2.05, 4.69) is 5.92 Å². The smallest absolute Gasteiger partial charge is 0.337 e. The third-order valence-corrected chi connectivity index (χ3v) is 2.65. The Morgan fingerprint density at radius 1 is 1.47 bits per heavy atom. The minimum absolute atomic E-state index is 0.0444. The Morgan fingerprint density at radius 2 is 2.12 bits per heavy atom. The molecule has 90 valence electrons. The van der Waals surface area contributed by atoms with E-state index in [1.54, 1.807) is 12.1 Å². The lowest BCUT2D eigenvalue weighted by molar-refractivity contribution is 0.0600. The van der Waals surface area contributed by atoms with Crippen LogP contribution in [0.2, 0.25) is 0 Å². The van der Waals surface area contributed by atoms with Gasteiger partial charge in [-0.05, 0) is 30.7 Å². The maximum atomic E-state index is 11.5. The Balaban J connectivity index is 3.30. The molecule has 0 spiro atoms. The summed E-state index contributed by atoms with van der Waals surface area (Å²) in [4.78, 5) is 13.4. The van der Waals surface area contributed by atoms with Gasteiger partial charge in [0.05, 0.1) is 12.7 Å². The number of rotatable bonds is 3. The second kappa shape index (κ2) is 5.40. The third kappa shape index (κ3) is 2.79. The van der Waals surface area contributed by atoms with Gasteiger partial charge in [-0.2, -0.15) is 0 Å². The monoisotopic (exact) mass is 231 g/mol. The molecule has 1 atom stereocenters. The van der Waals surface area contributed by atoms with Crippen molar-refractivity contribution >= 4 is 11.7 Å². The molecule has 1 rings (SSSR count). The number of carbonyl (C=O) groups is 1. The van der Waals surface area contributed by atoms with Gasteiger partial charge in [0.15, 0.2) is 0 Å². The first-order valence-corrected chi connectivity index (χ1v) is 5.37. The van der Waals surface area contributed by atoms with Crippen molar-refractivity contribution in [3.8, 4) is 12.3 Å². The van der Waals surface area contributed by atoms with Crippen molar-refractivity contribution in [2.45, 2.75) is 12.8 Å². The Morgan fingerprint density at radius 3 is 2.59 bits per heavy atom. The van der Waals surface area contributed by atoms with E-state index in [4.69, 9.17) is 11.2 Å². The molecule has 0 aromatic heterocycles. The summed E-state index contributed by atoms with van der Waals surface area (Å²) in [6, 6.07) is 5.43. The van der Waals surface area contributed by atoms with Crippen LogP contribution in [0.25, 0.3) is 0 Å². The zero-order valence-corrected chi connectivity index (χ0v) is 10.7. The maximum absolute atomic E-state index is 11.5. The third-order valence-electron chi connectivity index (χ3n) is 2.65. The second-order valence-electron chi connectivity index (χ2n) is 4.05. The summed E-state index contributed by atoms with van der Waals surface area (Å²) >= 11 is 0. The Bertz CT molecular complexity index is 458. The van der Waals surface area contributed by atoms with Crippen LogP contribution < -0.4 is 4.90 Å². The van der Waals surface area contributed by atoms with Crippen LogP contribution >= 0.6 is 0 Å². The van der Waals surface area contributed by atoms with Crippen molar-refractivity contribution in [3.05, 3.63) is 29.3 Å². The number of carbonyl (C=O) groups excluding carboxylic acids is 1. The number of anilines is 1. The highest BCUT2D eigenvalue weighted by atomic mass is 16.5. The van der Waals surface area contributed by atoms with Crippen molar-refractivity contribution < 1.29 is 9.53 Å². The predicted octanol–water partition coefficient (Wildman–Crippen LogP) is 2.28. The van der Waals surface area contributed by atoms with Crippen molar-refractivity contribution in [2.24, 2.45) is 0 Å². The second-order valence-corrected chi connectivity index (χ2v) is 4.05. The van der Waals surface area contributed by atoms with E-state index in [0.29, 0.717) is 5.56 Å². The molecule has 0 heterocycles. The zero-order valence-electron chi connectivity index (χ0n) is 10.7. The summed E-state index contributed by atoms with van der Waals surface area (Å²) < 4.78 is 4.70. The molecule has 0 N–H and O–H groups in total. The van der Waals surface area contributed by atoms with Crippen molar-refractivity contribution in [1.82, 2.24) is 0 Å². The summed E-state index contributed by atoms with van der Waals surface area (Å²) in [6.07, 6.45) is 5.45. The molecule has 17 heavy (non-hydrogen) atoms. The summed E-state index contributed by atoms with van der Waals surface area (Å²) in [6.45, 7) is 1.93. The molecule has 0 radical (unpaired) electrons. The van der Waals surface area contributed by atoms with Crippen LogP contribution in [0.3, 0.4) is 0 Å². The summed E-state index contributed by atoms with van der Waals surface area (Å²) in [5.41, 5.74) is 2.50. The molecule has 1 aromatic carbocycles. The number of hydrogen-bond donors (Lipinski definition) is 0. The fraction of sp³-hybridized carbons (Fsp3) is 0.357. The van der Waals surface area contributed by atoms with Gasteiger partial charge in [-0.3, -0.25) is 0 Å². The molecule has 0 fully saturated rings. The minimum atomic E-state index is -0.347. The molecule has 0 saturated carbocycles. The molecule has 0 amide bonds. The number of benzene rings is 1. The average molecular weight is 231 g/mol. The molecule has 0 aliphatic heterocycles. The number of ether oxygens (including phenoxy) is 1. The lowest BCUT2D eigenvalue weighted by Crippen LogP contribution is -2.13. The highest BCUT2D eigenvalue weighted by Gasteiger charge is 2.14. The van der Waals surface area contributed by atoms with Crippen LogP contribution in [0.15, 0.2) is 18.2 Å². The molecule has 3 nitrogen and oxygen atoms in total. The van der Waals surface area contributed by atoms with E-state index in [1.807, 2.05) is 32.0 Å². The minimum Gasteiger partial charge on any atom is -0.465 e. The van der Waals surface area contributed by atoms with Crippen LogP contribution in [0.1, 0.15) is 28.8 Å². The van der Waals surface area contributed by atoms with E-state index in [1.165, 1.54) is 7.11 Å². The number of methoxy groups -OCH3 is 1. The van der Waals surface area contributed by atoms with E-state index < -0.39 is 0 Å². The molecule has 3 heteroatoms. The van der Waals surface area contributed by atoms with Gasteiger partial charge < -0.3 is 9.64 Å². The van der Waals surface area contributed by atoms with Crippen molar-refractivity contribution in [3.63, 3.8) is 0 Å². The molecule has 1 aromatic rings. The Labute approximate surface area is 102 Å². The van der Waals surface area contributed by atoms with Gasteiger partial charge >= 0.3 is 5.97 Å². The molecule has 1 unspecified atom stereocenters. The average Bonchev–Trinajstić information content (AvgIpc) is 2.35. The highest BCUT2D eigenvalue weighted by Crippen LogP contribution is 2.27. The predicted molar refractivity (Wildman–Crippen MR) is 69.4 cm³/mol. The lowest BCUT2D eigenvalue weighted by Gasteiger charge is -2.20. The van der Waals surface area contributed by atoms with Crippen molar-refractivity contribution in [1.29, 1.82) is 0 Å². The number of terminal acetylenes is 1. The maximum Gasteiger partial charge on any atom is 0.337 e. The summed E-state index contributed by atoms with van der Waals surface area (Å²) in [5, 5.41) is 0. The number of esters is 1. The van der Waals surface area contributed by atoms with Gasteiger partial charge in [0.2, 0.25) is 0 Å². The molecule has 0 saturated heterocycles. The standard InChI is InChI=1S/C14H17NO2/c1-6-10(2)12-9-11(14(16)17-5)7-8-13(12)15(3)4/h1,7-10H,2-5H3. The van der Waals surface area contributed by atoms with Gasteiger partial charge in [-0.1, -0.05) is 5.92 Å². The zero-order chi connectivity index (χ0) is 13.0. The van der Waals surface area contributed by atoms with Gasteiger partial charge in [0, 0.05) is 25.7 Å². The van der Waals surface area contributed by atoms with Gasteiger partial charge in [-0.25, -0.2) is 4.79 Å².